The lowest BCUT2D eigenvalue weighted by atomic mass is 10.1. The summed E-state index contributed by atoms with van der Waals surface area (Å²) in [4.78, 5) is 12.9. The first-order valence-electron chi connectivity index (χ1n) is 8.71. The molecule has 2 heterocycles. The lowest BCUT2D eigenvalue weighted by Gasteiger charge is -2.33. The Hall–Kier alpha value is -1.54. The summed E-state index contributed by atoms with van der Waals surface area (Å²) in [6, 6.07) is 10.2. The third kappa shape index (κ3) is 4.40. The number of carbonyl (C=O) groups is 1. The Morgan fingerprint density at radius 2 is 1.88 bits per heavy atom. The van der Waals surface area contributed by atoms with E-state index in [2.05, 4.69) is 0 Å². The van der Waals surface area contributed by atoms with Crippen molar-refractivity contribution < 1.29 is 17.9 Å². The van der Waals surface area contributed by atoms with Crippen molar-refractivity contribution in [2.45, 2.75) is 37.1 Å². The molecule has 0 atom stereocenters. The van der Waals surface area contributed by atoms with Crippen molar-refractivity contribution in [1.82, 2.24) is 4.31 Å². The van der Waals surface area contributed by atoms with Crippen LogP contribution in [0.2, 0.25) is 0 Å². The first-order chi connectivity index (χ1) is 12.5. The molecule has 1 fully saturated rings. The van der Waals surface area contributed by atoms with Gasteiger partial charge >= 0.3 is 0 Å². The smallest absolute Gasteiger partial charge is 0.243 e. The summed E-state index contributed by atoms with van der Waals surface area (Å²) in [6.07, 6.45) is 2.10. The van der Waals surface area contributed by atoms with E-state index in [1.54, 1.807) is 27.8 Å². The Balaban J connectivity index is 1.86. The lowest BCUT2D eigenvalue weighted by Crippen LogP contribution is -2.44. The number of hydrogen-bond acceptors (Lipinski definition) is 5. The van der Waals surface area contributed by atoms with Crippen LogP contribution in [0, 0.1) is 0 Å². The zero-order valence-corrected chi connectivity index (χ0v) is 16.4. The minimum absolute atomic E-state index is 0.0544. The van der Waals surface area contributed by atoms with Gasteiger partial charge in [-0.25, -0.2) is 8.42 Å². The van der Waals surface area contributed by atoms with E-state index in [0.29, 0.717) is 44.6 Å². The van der Waals surface area contributed by atoms with Crippen LogP contribution in [0.1, 0.15) is 35.0 Å². The molecular formula is C19H23NO4S2. The molecule has 1 saturated heterocycles. The average Bonchev–Trinajstić information content (AvgIpc) is 3.16. The molecule has 0 N–H and O–H groups in total. The number of ketones is 1. The molecule has 0 saturated carbocycles. The fourth-order valence-corrected chi connectivity index (χ4v) is 5.53. The maximum atomic E-state index is 13.3. The number of ether oxygens (including phenoxy) is 1. The van der Waals surface area contributed by atoms with Gasteiger partial charge in [0.1, 0.15) is 0 Å². The number of hydrogen-bond donors (Lipinski definition) is 0. The molecule has 1 aromatic heterocycles. The number of sulfonamides is 1. The van der Waals surface area contributed by atoms with Gasteiger partial charge in [0.25, 0.3) is 0 Å². The van der Waals surface area contributed by atoms with Crippen LogP contribution < -0.4 is 0 Å². The molecule has 0 spiro atoms. The van der Waals surface area contributed by atoms with E-state index >= 15 is 0 Å². The maximum absolute atomic E-state index is 13.3. The number of rotatable bonds is 7. The second kappa shape index (κ2) is 8.43. The van der Waals surface area contributed by atoms with Gasteiger partial charge in [0.2, 0.25) is 10.0 Å². The molecule has 0 unspecified atom stereocenters. The van der Waals surface area contributed by atoms with Gasteiger partial charge in [0.15, 0.2) is 5.78 Å². The molecule has 1 aliphatic heterocycles. The van der Waals surface area contributed by atoms with Crippen LogP contribution >= 0.6 is 11.3 Å². The summed E-state index contributed by atoms with van der Waals surface area (Å²) >= 11 is 1.64. The Morgan fingerprint density at radius 1 is 1.19 bits per heavy atom. The van der Waals surface area contributed by atoms with Crippen LogP contribution in [-0.2, 0) is 21.2 Å². The van der Waals surface area contributed by atoms with E-state index < -0.39 is 10.0 Å². The summed E-state index contributed by atoms with van der Waals surface area (Å²) in [5.74, 6) is -0.0760. The van der Waals surface area contributed by atoms with Crippen LogP contribution in [0.5, 0.6) is 0 Å². The van der Waals surface area contributed by atoms with Gasteiger partial charge in [0.05, 0.1) is 4.90 Å². The zero-order chi connectivity index (χ0) is 18.6. The van der Waals surface area contributed by atoms with E-state index in [4.69, 9.17) is 4.74 Å². The molecule has 0 radical (unpaired) electrons. The second-order valence-electron chi connectivity index (χ2n) is 6.37. The molecule has 0 bridgehead atoms. The number of nitrogens with zero attached hydrogens (tertiary/aromatic N) is 1. The Kier molecular flexibility index (Phi) is 6.24. The average molecular weight is 394 g/mol. The predicted octanol–water partition coefficient (Wildman–Crippen LogP) is 3.36. The summed E-state index contributed by atoms with van der Waals surface area (Å²) in [5, 5.41) is 2.00. The molecule has 2 aromatic rings. The quantitative estimate of drug-likeness (QED) is 0.677. The Bertz CT molecular complexity index is 823. The first kappa shape index (κ1) is 19.2. The number of thiophene rings is 1. The van der Waals surface area contributed by atoms with Crippen LogP contribution in [0.4, 0.5) is 0 Å². The van der Waals surface area contributed by atoms with E-state index in [1.165, 1.54) is 23.9 Å². The van der Waals surface area contributed by atoms with Crippen molar-refractivity contribution >= 4 is 27.1 Å². The van der Waals surface area contributed by atoms with Gasteiger partial charge in [-0.05, 0) is 49.8 Å². The summed E-state index contributed by atoms with van der Waals surface area (Å²) < 4.78 is 33.6. The molecule has 1 aliphatic rings. The van der Waals surface area contributed by atoms with Gasteiger partial charge in [-0.2, -0.15) is 4.31 Å². The van der Waals surface area contributed by atoms with Gasteiger partial charge in [-0.3, -0.25) is 4.79 Å². The molecular weight excluding hydrogens is 370 g/mol. The van der Waals surface area contributed by atoms with Crippen molar-refractivity contribution in [1.29, 1.82) is 0 Å². The van der Waals surface area contributed by atoms with Gasteiger partial charge in [0, 0.05) is 36.2 Å². The topological polar surface area (TPSA) is 63.7 Å². The van der Waals surface area contributed by atoms with E-state index in [-0.39, 0.29) is 16.7 Å². The van der Waals surface area contributed by atoms with Crippen LogP contribution in [0.3, 0.4) is 0 Å². The van der Waals surface area contributed by atoms with Crippen molar-refractivity contribution in [3.8, 4) is 0 Å². The van der Waals surface area contributed by atoms with E-state index in [1.807, 2.05) is 17.5 Å². The number of carbonyl (C=O) groups excluding carboxylic acids is 1. The molecule has 3 rings (SSSR count). The molecule has 140 valence electrons. The predicted molar refractivity (Wildman–Crippen MR) is 102 cm³/mol. The molecule has 1 aromatic carbocycles. The fourth-order valence-electron chi connectivity index (χ4n) is 3.14. The van der Waals surface area contributed by atoms with Crippen molar-refractivity contribution in [2.24, 2.45) is 0 Å². The van der Waals surface area contributed by atoms with Crippen molar-refractivity contribution in [3.63, 3.8) is 0 Å². The normalized spacial score (nSPS) is 16.1. The SMILES string of the molecule is CC(=O)c1ccc(S(=O)(=O)N(CCc2cccs2)C2CCOCC2)cc1. The lowest BCUT2D eigenvalue weighted by molar-refractivity contribution is 0.0587. The summed E-state index contributed by atoms with van der Waals surface area (Å²) in [5.41, 5.74) is 0.514. The molecule has 0 amide bonds. The third-order valence-electron chi connectivity index (χ3n) is 4.62. The highest BCUT2D eigenvalue weighted by Gasteiger charge is 2.32. The van der Waals surface area contributed by atoms with Gasteiger partial charge in [-0.1, -0.05) is 18.2 Å². The van der Waals surface area contributed by atoms with E-state index in [0.717, 1.165) is 0 Å². The minimum atomic E-state index is -3.63. The van der Waals surface area contributed by atoms with E-state index in [9.17, 15) is 13.2 Å². The highest BCUT2D eigenvalue weighted by atomic mass is 32.2. The highest BCUT2D eigenvalue weighted by Crippen LogP contribution is 2.25. The van der Waals surface area contributed by atoms with Crippen LogP contribution in [-0.4, -0.2) is 44.3 Å². The van der Waals surface area contributed by atoms with Crippen molar-refractivity contribution in [3.05, 3.63) is 52.2 Å². The standard InChI is InChI=1S/C19H23NO4S2/c1-15(21)16-4-6-19(7-5-16)26(22,23)20(17-9-12-24-13-10-17)11-8-18-3-2-14-25-18/h2-7,14,17H,8-13H2,1H3. The molecule has 0 aliphatic carbocycles. The number of Topliss-reactive ketones (excluding diaryl/α,β-unsaturated/α-hetero) is 1. The fraction of sp³-hybridized carbons (Fsp3) is 0.421. The Labute approximate surface area is 158 Å². The zero-order valence-electron chi connectivity index (χ0n) is 14.8. The summed E-state index contributed by atoms with van der Waals surface area (Å²) in [6.45, 7) is 3.08. The first-order valence-corrected chi connectivity index (χ1v) is 11.0. The molecule has 5 nitrogen and oxygen atoms in total. The minimum Gasteiger partial charge on any atom is -0.381 e. The largest absolute Gasteiger partial charge is 0.381 e. The molecule has 26 heavy (non-hydrogen) atoms. The Morgan fingerprint density at radius 3 is 2.46 bits per heavy atom. The second-order valence-corrected chi connectivity index (χ2v) is 9.29. The summed E-state index contributed by atoms with van der Waals surface area (Å²) in [7, 11) is -3.63. The monoisotopic (exact) mass is 393 g/mol. The van der Waals surface area contributed by atoms with Gasteiger partial charge in [-0.15, -0.1) is 11.3 Å². The highest BCUT2D eigenvalue weighted by molar-refractivity contribution is 7.89. The maximum Gasteiger partial charge on any atom is 0.243 e. The van der Waals surface area contributed by atoms with Crippen LogP contribution in [0.15, 0.2) is 46.7 Å². The number of benzene rings is 1. The van der Waals surface area contributed by atoms with Crippen LogP contribution in [0.25, 0.3) is 0 Å². The third-order valence-corrected chi connectivity index (χ3v) is 7.53. The molecule has 7 heteroatoms. The van der Waals surface area contributed by atoms with Crippen molar-refractivity contribution in [2.75, 3.05) is 19.8 Å². The van der Waals surface area contributed by atoms with Gasteiger partial charge < -0.3 is 4.74 Å².